The van der Waals surface area contributed by atoms with Crippen molar-refractivity contribution in [3.8, 4) is 0 Å². The number of hydrogen-bond donors (Lipinski definition) is 2. The maximum absolute atomic E-state index is 12.4. The number of benzene rings is 1. The first-order chi connectivity index (χ1) is 11.2. The fourth-order valence-corrected chi connectivity index (χ4v) is 3.90. The van der Waals surface area contributed by atoms with Gasteiger partial charge in [-0.25, -0.2) is 0 Å². The molecule has 1 aromatic heterocycles. The molecular formula is C18H22N4O. The SMILES string of the molecule is Cc1cn[nH]c1CN1CCC(C2C(=O)Nc3ccccc32)CC1. The molecule has 1 amide bonds. The van der Waals surface area contributed by atoms with Crippen LogP contribution in [0.4, 0.5) is 5.69 Å². The number of piperidine rings is 1. The maximum atomic E-state index is 12.4. The number of para-hydroxylation sites is 1. The number of aromatic amines is 1. The number of amides is 1. The zero-order chi connectivity index (χ0) is 15.8. The van der Waals surface area contributed by atoms with E-state index in [1.807, 2.05) is 24.4 Å². The molecule has 1 aromatic carbocycles. The van der Waals surface area contributed by atoms with E-state index in [9.17, 15) is 4.79 Å². The van der Waals surface area contributed by atoms with E-state index in [0.29, 0.717) is 5.92 Å². The van der Waals surface area contributed by atoms with Crippen LogP contribution in [0.1, 0.15) is 35.6 Å². The van der Waals surface area contributed by atoms with Gasteiger partial charge in [0.2, 0.25) is 5.91 Å². The standard InChI is InChI=1S/C18H22N4O/c1-12-10-19-21-16(12)11-22-8-6-13(7-9-22)17-14-4-2-3-5-15(14)20-18(17)23/h2-5,10,13,17H,6-9,11H2,1H3,(H,19,21)(H,20,23). The van der Waals surface area contributed by atoms with Gasteiger partial charge in [-0.2, -0.15) is 5.10 Å². The fourth-order valence-electron chi connectivity index (χ4n) is 3.90. The van der Waals surface area contributed by atoms with E-state index >= 15 is 0 Å². The van der Waals surface area contributed by atoms with E-state index in [0.717, 1.165) is 38.2 Å². The molecule has 1 atom stereocenters. The summed E-state index contributed by atoms with van der Waals surface area (Å²) in [6.45, 7) is 5.08. The third-order valence-corrected chi connectivity index (χ3v) is 5.26. The summed E-state index contributed by atoms with van der Waals surface area (Å²) in [6, 6.07) is 8.11. The second kappa shape index (κ2) is 5.81. The van der Waals surface area contributed by atoms with Crippen LogP contribution in [-0.2, 0) is 11.3 Å². The molecule has 1 unspecified atom stereocenters. The van der Waals surface area contributed by atoms with Crippen LogP contribution in [0.2, 0.25) is 0 Å². The minimum absolute atomic E-state index is 0.0299. The molecule has 2 N–H and O–H groups in total. The van der Waals surface area contributed by atoms with Gasteiger partial charge >= 0.3 is 0 Å². The van der Waals surface area contributed by atoms with E-state index in [1.165, 1.54) is 16.8 Å². The maximum Gasteiger partial charge on any atom is 0.232 e. The Hall–Kier alpha value is -2.14. The highest BCUT2D eigenvalue weighted by Gasteiger charge is 2.37. The first kappa shape index (κ1) is 14.5. The Labute approximate surface area is 136 Å². The largest absolute Gasteiger partial charge is 0.325 e. The Morgan fingerprint density at radius 1 is 1.26 bits per heavy atom. The normalized spacial score (nSPS) is 22.1. The van der Waals surface area contributed by atoms with Crippen LogP contribution in [0.25, 0.3) is 0 Å². The van der Waals surface area contributed by atoms with Crippen molar-refractivity contribution in [3.63, 3.8) is 0 Å². The van der Waals surface area contributed by atoms with Gasteiger partial charge in [-0.15, -0.1) is 0 Å². The molecule has 1 fully saturated rings. The first-order valence-corrected chi connectivity index (χ1v) is 8.33. The molecule has 4 rings (SSSR count). The summed E-state index contributed by atoms with van der Waals surface area (Å²) in [7, 11) is 0. The van der Waals surface area contributed by atoms with Crippen LogP contribution < -0.4 is 5.32 Å². The molecule has 2 aliphatic heterocycles. The van der Waals surface area contributed by atoms with Gasteiger partial charge in [-0.3, -0.25) is 14.8 Å². The molecule has 0 spiro atoms. The molecule has 5 nitrogen and oxygen atoms in total. The van der Waals surface area contributed by atoms with Crippen LogP contribution in [0.3, 0.4) is 0 Å². The van der Waals surface area contributed by atoms with Gasteiger partial charge in [0.1, 0.15) is 0 Å². The molecule has 0 bridgehead atoms. The van der Waals surface area contributed by atoms with Gasteiger partial charge < -0.3 is 5.32 Å². The van der Waals surface area contributed by atoms with Crippen molar-refractivity contribution in [2.45, 2.75) is 32.2 Å². The highest BCUT2D eigenvalue weighted by molar-refractivity contribution is 6.03. The number of aromatic nitrogens is 2. The van der Waals surface area contributed by atoms with Crippen LogP contribution >= 0.6 is 0 Å². The minimum Gasteiger partial charge on any atom is -0.325 e. The summed E-state index contributed by atoms with van der Waals surface area (Å²) in [4.78, 5) is 14.8. The molecule has 5 heteroatoms. The third kappa shape index (κ3) is 2.65. The van der Waals surface area contributed by atoms with Crippen molar-refractivity contribution in [1.29, 1.82) is 0 Å². The molecule has 0 radical (unpaired) electrons. The summed E-state index contributed by atoms with van der Waals surface area (Å²) >= 11 is 0. The minimum atomic E-state index is 0.0299. The van der Waals surface area contributed by atoms with Crippen LogP contribution in [0, 0.1) is 12.8 Å². The molecule has 120 valence electrons. The average Bonchev–Trinajstić information content (AvgIpc) is 3.11. The smallest absolute Gasteiger partial charge is 0.232 e. The Bertz CT molecular complexity index is 715. The Balaban J connectivity index is 1.42. The summed E-state index contributed by atoms with van der Waals surface area (Å²) in [5, 5.41) is 10.2. The van der Waals surface area contributed by atoms with Gasteiger partial charge in [-0.05, 0) is 56.0 Å². The number of rotatable bonds is 3. The van der Waals surface area contributed by atoms with E-state index in [-0.39, 0.29) is 11.8 Å². The zero-order valence-corrected chi connectivity index (χ0v) is 13.4. The fraction of sp³-hybridized carbons (Fsp3) is 0.444. The van der Waals surface area contributed by atoms with Gasteiger partial charge in [0.05, 0.1) is 17.8 Å². The number of fused-ring (bicyclic) bond motifs is 1. The number of likely N-dealkylation sites (tertiary alicyclic amines) is 1. The lowest BCUT2D eigenvalue weighted by Crippen LogP contribution is -2.36. The number of H-pyrrole nitrogens is 1. The third-order valence-electron chi connectivity index (χ3n) is 5.26. The lowest BCUT2D eigenvalue weighted by Gasteiger charge is -2.34. The van der Waals surface area contributed by atoms with Gasteiger partial charge in [-0.1, -0.05) is 18.2 Å². The van der Waals surface area contributed by atoms with E-state index in [2.05, 4.69) is 33.4 Å². The van der Waals surface area contributed by atoms with Crippen LogP contribution in [-0.4, -0.2) is 34.1 Å². The van der Waals surface area contributed by atoms with Crippen molar-refractivity contribution in [3.05, 3.63) is 47.3 Å². The van der Waals surface area contributed by atoms with Gasteiger partial charge in [0.25, 0.3) is 0 Å². The Morgan fingerprint density at radius 3 is 2.78 bits per heavy atom. The Morgan fingerprint density at radius 2 is 2.04 bits per heavy atom. The molecule has 2 aromatic rings. The number of aryl methyl sites for hydroxylation is 1. The molecule has 1 saturated heterocycles. The lowest BCUT2D eigenvalue weighted by atomic mass is 9.81. The predicted octanol–water partition coefficient (Wildman–Crippen LogP) is 2.67. The van der Waals surface area contributed by atoms with E-state index in [4.69, 9.17) is 0 Å². The van der Waals surface area contributed by atoms with E-state index < -0.39 is 0 Å². The van der Waals surface area contributed by atoms with E-state index in [1.54, 1.807) is 0 Å². The predicted molar refractivity (Wildman–Crippen MR) is 89.1 cm³/mol. The van der Waals surface area contributed by atoms with Crippen LogP contribution in [0.15, 0.2) is 30.5 Å². The van der Waals surface area contributed by atoms with Crippen molar-refractivity contribution in [2.24, 2.45) is 5.92 Å². The number of nitrogens with one attached hydrogen (secondary N) is 2. The van der Waals surface area contributed by atoms with Gasteiger partial charge in [0, 0.05) is 12.2 Å². The molecule has 2 aliphatic rings. The average molecular weight is 310 g/mol. The molecule has 0 saturated carbocycles. The number of carbonyl (C=O) groups is 1. The number of anilines is 1. The molecular weight excluding hydrogens is 288 g/mol. The number of carbonyl (C=O) groups excluding carboxylic acids is 1. The van der Waals surface area contributed by atoms with Crippen molar-refractivity contribution >= 4 is 11.6 Å². The van der Waals surface area contributed by atoms with Crippen molar-refractivity contribution < 1.29 is 4.79 Å². The number of hydrogen-bond acceptors (Lipinski definition) is 3. The summed E-state index contributed by atoms with van der Waals surface area (Å²) in [6.07, 6.45) is 4.01. The molecule has 0 aliphatic carbocycles. The van der Waals surface area contributed by atoms with Crippen molar-refractivity contribution in [1.82, 2.24) is 15.1 Å². The van der Waals surface area contributed by atoms with Gasteiger partial charge in [0.15, 0.2) is 0 Å². The summed E-state index contributed by atoms with van der Waals surface area (Å²) < 4.78 is 0. The zero-order valence-electron chi connectivity index (χ0n) is 13.4. The lowest BCUT2D eigenvalue weighted by molar-refractivity contribution is -0.118. The van der Waals surface area contributed by atoms with Crippen LogP contribution in [0.5, 0.6) is 0 Å². The quantitative estimate of drug-likeness (QED) is 0.916. The second-order valence-corrected chi connectivity index (χ2v) is 6.70. The topological polar surface area (TPSA) is 61.0 Å². The molecule has 3 heterocycles. The second-order valence-electron chi connectivity index (χ2n) is 6.70. The van der Waals surface area contributed by atoms with Crippen molar-refractivity contribution in [2.75, 3.05) is 18.4 Å². The highest BCUT2D eigenvalue weighted by atomic mass is 16.2. The highest BCUT2D eigenvalue weighted by Crippen LogP contribution is 2.41. The monoisotopic (exact) mass is 310 g/mol. The molecule has 23 heavy (non-hydrogen) atoms. The summed E-state index contributed by atoms with van der Waals surface area (Å²) in [5.41, 5.74) is 4.60. The number of nitrogens with zero attached hydrogens (tertiary/aromatic N) is 2. The first-order valence-electron chi connectivity index (χ1n) is 8.33. The summed E-state index contributed by atoms with van der Waals surface area (Å²) in [5.74, 6) is 0.647. The Kier molecular flexibility index (Phi) is 3.65.